The second kappa shape index (κ2) is 9.20. The lowest BCUT2D eigenvalue weighted by Gasteiger charge is -2.19. The van der Waals surface area contributed by atoms with Crippen molar-refractivity contribution in [1.82, 2.24) is 40.2 Å². The number of fused-ring (bicyclic) bond motifs is 2. The van der Waals surface area contributed by atoms with Crippen LogP contribution in [0, 0.1) is 0 Å². The van der Waals surface area contributed by atoms with Gasteiger partial charge in [-0.1, -0.05) is 50.5 Å². The first-order valence-electron chi connectivity index (χ1n) is 12.9. The second-order valence-electron chi connectivity index (χ2n) is 10.9. The molecule has 1 amide bonds. The largest absolute Gasteiger partial charge is 0.341 e. The zero-order valence-corrected chi connectivity index (χ0v) is 21.9. The summed E-state index contributed by atoms with van der Waals surface area (Å²) in [4.78, 5) is 29.9. The topological polar surface area (TPSA) is 127 Å². The van der Waals surface area contributed by atoms with Crippen LogP contribution >= 0.6 is 0 Å². The van der Waals surface area contributed by atoms with E-state index in [2.05, 4.69) is 53.7 Å². The van der Waals surface area contributed by atoms with Crippen LogP contribution in [0.4, 0.5) is 0 Å². The molecule has 194 valence electrons. The molecular formula is C28H30N8O2. The van der Waals surface area contributed by atoms with E-state index in [1.54, 1.807) is 10.9 Å². The van der Waals surface area contributed by atoms with Crippen LogP contribution in [-0.2, 0) is 18.9 Å². The number of rotatable bonds is 4. The number of nitrogens with one attached hydrogen (secondary N) is 2. The minimum Gasteiger partial charge on any atom is -0.341 e. The predicted octanol–water partition coefficient (Wildman–Crippen LogP) is 4.90. The summed E-state index contributed by atoms with van der Waals surface area (Å²) in [6.45, 7) is 5.95. The molecule has 1 aromatic carbocycles. The third-order valence-electron chi connectivity index (χ3n) is 6.96. The molecule has 6 rings (SSSR count). The first kappa shape index (κ1) is 24.0. The van der Waals surface area contributed by atoms with Crippen molar-refractivity contribution < 1.29 is 9.32 Å². The Balaban J connectivity index is 1.31. The van der Waals surface area contributed by atoms with E-state index in [-0.39, 0.29) is 23.3 Å². The highest BCUT2D eigenvalue weighted by molar-refractivity contribution is 5.92. The summed E-state index contributed by atoms with van der Waals surface area (Å²) in [6.07, 6.45) is 7.54. The number of benzene rings is 1. The molecule has 0 bridgehead atoms. The molecule has 0 saturated heterocycles. The molecule has 0 fully saturated rings. The van der Waals surface area contributed by atoms with Gasteiger partial charge in [-0.25, -0.2) is 9.97 Å². The van der Waals surface area contributed by atoms with E-state index in [9.17, 15) is 4.79 Å². The molecule has 0 aliphatic heterocycles. The van der Waals surface area contributed by atoms with E-state index in [1.165, 1.54) is 5.56 Å². The fourth-order valence-corrected chi connectivity index (χ4v) is 4.95. The smallest absolute Gasteiger partial charge is 0.315 e. The van der Waals surface area contributed by atoms with Gasteiger partial charge in [-0.3, -0.25) is 9.48 Å². The number of hydrogen-bond acceptors (Lipinski definition) is 7. The Kier molecular flexibility index (Phi) is 5.81. The van der Waals surface area contributed by atoms with Gasteiger partial charge in [0.05, 0.1) is 11.6 Å². The number of pyridine rings is 1. The van der Waals surface area contributed by atoms with Gasteiger partial charge in [-0.2, -0.15) is 10.1 Å². The van der Waals surface area contributed by atoms with Crippen molar-refractivity contribution in [1.29, 1.82) is 0 Å². The summed E-state index contributed by atoms with van der Waals surface area (Å²) in [5.41, 5.74) is 6.45. The van der Waals surface area contributed by atoms with Gasteiger partial charge in [0.25, 0.3) is 0 Å². The van der Waals surface area contributed by atoms with Crippen LogP contribution in [0.2, 0.25) is 0 Å². The number of aryl methyl sites for hydroxylation is 2. The molecule has 1 aliphatic carbocycles. The summed E-state index contributed by atoms with van der Waals surface area (Å²) in [5.74, 6) is 0.862. The van der Waals surface area contributed by atoms with Gasteiger partial charge in [-0.05, 0) is 48.1 Å². The van der Waals surface area contributed by atoms with Crippen molar-refractivity contribution >= 4 is 17.1 Å². The van der Waals surface area contributed by atoms with Crippen molar-refractivity contribution in [3.05, 3.63) is 65.6 Å². The SMILES string of the molecule is Cn1ccc(-c2nc3nccc(-c4ccc5c(c4)CCCCC5NC(=O)c4nc(C(C)(C)C)no4)c3[nH]2)n1. The van der Waals surface area contributed by atoms with Gasteiger partial charge in [0, 0.05) is 30.4 Å². The molecule has 1 aliphatic rings. The Hall–Kier alpha value is -4.34. The van der Waals surface area contributed by atoms with E-state index >= 15 is 0 Å². The number of aromatic amines is 1. The van der Waals surface area contributed by atoms with Crippen molar-refractivity contribution in [3.63, 3.8) is 0 Å². The van der Waals surface area contributed by atoms with E-state index in [0.29, 0.717) is 17.3 Å². The Bertz CT molecular complexity index is 1640. The van der Waals surface area contributed by atoms with Crippen molar-refractivity contribution in [2.75, 3.05) is 0 Å². The van der Waals surface area contributed by atoms with Crippen LogP contribution in [0.25, 0.3) is 33.8 Å². The number of carbonyl (C=O) groups excluding carboxylic acids is 1. The summed E-state index contributed by atoms with van der Waals surface area (Å²) in [7, 11) is 1.88. The van der Waals surface area contributed by atoms with Crippen molar-refractivity contribution in [2.45, 2.75) is 57.9 Å². The zero-order valence-electron chi connectivity index (χ0n) is 21.9. The molecule has 0 spiro atoms. The molecular weight excluding hydrogens is 480 g/mol. The third kappa shape index (κ3) is 4.46. The van der Waals surface area contributed by atoms with Crippen molar-refractivity contribution in [3.8, 4) is 22.6 Å². The van der Waals surface area contributed by atoms with Gasteiger partial charge in [0.2, 0.25) is 0 Å². The highest BCUT2D eigenvalue weighted by Gasteiger charge is 2.27. The quantitative estimate of drug-likeness (QED) is 0.329. The minimum absolute atomic E-state index is 0.000486. The summed E-state index contributed by atoms with van der Waals surface area (Å²) < 4.78 is 7.02. The molecule has 4 heterocycles. The molecule has 5 aromatic rings. The van der Waals surface area contributed by atoms with E-state index in [4.69, 9.17) is 4.52 Å². The summed E-state index contributed by atoms with van der Waals surface area (Å²) in [5, 5.41) is 11.6. The maximum absolute atomic E-state index is 13.0. The van der Waals surface area contributed by atoms with Crippen LogP contribution in [0.5, 0.6) is 0 Å². The Morgan fingerprint density at radius 3 is 2.79 bits per heavy atom. The van der Waals surface area contributed by atoms with Crippen LogP contribution in [-0.4, -0.2) is 40.8 Å². The van der Waals surface area contributed by atoms with Crippen molar-refractivity contribution in [2.24, 2.45) is 7.05 Å². The lowest BCUT2D eigenvalue weighted by atomic mass is 9.94. The Morgan fingerprint density at radius 1 is 1.16 bits per heavy atom. The average Bonchev–Trinajstić information content (AvgIpc) is 3.62. The van der Waals surface area contributed by atoms with E-state index < -0.39 is 0 Å². The molecule has 4 aromatic heterocycles. The number of carbonyl (C=O) groups is 1. The number of amides is 1. The minimum atomic E-state index is -0.342. The fourth-order valence-electron chi connectivity index (χ4n) is 4.95. The standard InChI is InChI=1S/C28H30N8O2/c1-28(2,3)27-33-26(38-35-27)25(37)30-20-8-6-5-7-16-15-17(9-10-18(16)20)19-11-13-29-24-22(19)31-23(32-24)21-12-14-36(4)34-21/h9-15,20H,5-8H2,1-4H3,(H,30,37)(H,29,31,32). The van der Waals surface area contributed by atoms with Crippen LogP contribution in [0.3, 0.4) is 0 Å². The first-order chi connectivity index (χ1) is 18.3. The lowest BCUT2D eigenvalue weighted by molar-refractivity contribution is 0.0890. The number of aromatic nitrogens is 7. The Morgan fingerprint density at radius 2 is 2.03 bits per heavy atom. The lowest BCUT2D eigenvalue weighted by Crippen LogP contribution is -2.29. The molecule has 0 radical (unpaired) electrons. The molecule has 10 nitrogen and oxygen atoms in total. The second-order valence-corrected chi connectivity index (χ2v) is 10.9. The molecule has 1 atom stereocenters. The van der Waals surface area contributed by atoms with Gasteiger partial charge < -0.3 is 14.8 Å². The number of hydrogen-bond donors (Lipinski definition) is 2. The van der Waals surface area contributed by atoms with Crippen LogP contribution in [0.1, 0.15) is 73.7 Å². The Labute approximate surface area is 219 Å². The van der Waals surface area contributed by atoms with Gasteiger partial charge in [-0.15, -0.1) is 0 Å². The molecule has 1 unspecified atom stereocenters. The third-order valence-corrected chi connectivity index (χ3v) is 6.96. The predicted molar refractivity (Wildman–Crippen MR) is 142 cm³/mol. The molecule has 10 heteroatoms. The van der Waals surface area contributed by atoms with Gasteiger partial charge >= 0.3 is 11.8 Å². The monoisotopic (exact) mass is 510 g/mol. The van der Waals surface area contributed by atoms with E-state index in [1.807, 2.05) is 46.1 Å². The summed E-state index contributed by atoms with van der Waals surface area (Å²) in [6, 6.07) is 10.2. The van der Waals surface area contributed by atoms with Crippen LogP contribution < -0.4 is 5.32 Å². The maximum Gasteiger partial charge on any atom is 0.315 e. The van der Waals surface area contributed by atoms with E-state index in [0.717, 1.165) is 53.6 Å². The average molecular weight is 511 g/mol. The highest BCUT2D eigenvalue weighted by atomic mass is 16.5. The fraction of sp³-hybridized carbons (Fsp3) is 0.357. The molecule has 0 saturated carbocycles. The molecule has 38 heavy (non-hydrogen) atoms. The highest BCUT2D eigenvalue weighted by Crippen LogP contribution is 2.34. The number of nitrogens with zero attached hydrogens (tertiary/aromatic N) is 6. The normalized spacial score (nSPS) is 15.8. The number of imidazole rings is 1. The first-order valence-corrected chi connectivity index (χ1v) is 12.9. The van der Waals surface area contributed by atoms with Crippen LogP contribution in [0.15, 0.2) is 47.2 Å². The number of H-pyrrole nitrogens is 1. The van der Waals surface area contributed by atoms with Gasteiger partial charge in [0.1, 0.15) is 5.69 Å². The van der Waals surface area contributed by atoms with Gasteiger partial charge in [0.15, 0.2) is 17.3 Å². The zero-order chi connectivity index (χ0) is 26.4. The summed E-state index contributed by atoms with van der Waals surface area (Å²) >= 11 is 0. The maximum atomic E-state index is 13.0. The molecule has 2 N–H and O–H groups in total.